The Labute approximate surface area is 115 Å². The van der Waals surface area contributed by atoms with Gasteiger partial charge in [-0.25, -0.2) is 8.42 Å². The summed E-state index contributed by atoms with van der Waals surface area (Å²) < 4.78 is 27.9. The molecule has 0 spiro atoms. The Morgan fingerprint density at radius 1 is 1.42 bits per heavy atom. The van der Waals surface area contributed by atoms with E-state index in [1.165, 1.54) is 6.26 Å². The van der Waals surface area contributed by atoms with Crippen molar-refractivity contribution >= 4 is 21.2 Å². The van der Waals surface area contributed by atoms with Crippen molar-refractivity contribution in [1.82, 2.24) is 0 Å². The number of nitrogens with one attached hydrogen (secondary N) is 1. The Balaban J connectivity index is 2.73. The van der Waals surface area contributed by atoms with Crippen LogP contribution in [0, 0.1) is 0 Å². The molecule has 0 amide bonds. The highest BCUT2D eigenvalue weighted by molar-refractivity contribution is 7.90. The molecule has 3 N–H and O–H groups in total. The van der Waals surface area contributed by atoms with Gasteiger partial charge in [-0.2, -0.15) is 0 Å². The van der Waals surface area contributed by atoms with E-state index in [-0.39, 0.29) is 11.8 Å². The molecule has 108 valence electrons. The van der Waals surface area contributed by atoms with Crippen LogP contribution < -0.4 is 15.8 Å². The van der Waals surface area contributed by atoms with Crippen molar-refractivity contribution in [2.45, 2.75) is 26.3 Å². The zero-order valence-electron chi connectivity index (χ0n) is 11.6. The van der Waals surface area contributed by atoms with E-state index < -0.39 is 9.84 Å². The molecule has 0 radical (unpaired) electrons. The first-order valence-electron chi connectivity index (χ1n) is 6.28. The van der Waals surface area contributed by atoms with Gasteiger partial charge in [-0.1, -0.05) is 6.92 Å². The molecule has 0 fully saturated rings. The van der Waals surface area contributed by atoms with Gasteiger partial charge in [-0.15, -0.1) is 0 Å². The van der Waals surface area contributed by atoms with Crippen LogP contribution >= 0.6 is 0 Å². The summed E-state index contributed by atoms with van der Waals surface area (Å²) in [6.45, 7) is 4.45. The highest BCUT2D eigenvalue weighted by atomic mass is 32.2. The van der Waals surface area contributed by atoms with E-state index in [1.54, 1.807) is 12.1 Å². The van der Waals surface area contributed by atoms with Crippen LogP contribution in [0.2, 0.25) is 0 Å². The summed E-state index contributed by atoms with van der Waals surface area (Å²) >= 11 is 0. The quantitative estimate of drug-likeness (QED) is 0.748. The molecular weight excluding hydrogens is 264 g/mol. The number of sulfone groups is 1. The second kappa shape index (κ2) is 6.65. The lowest BCUT2D eigenvalue weighted by Crippen LogP contribution is -2.25. The topological polar surface area (TPSA) is 81.4 Å². The number of hydrogen-bond donors (Lipinski definition) is 2. The van der Waals surface area contributed by atoms with Gasteiger partial charge in [0.2, 0.25) is 0 Å². The minimum atomic E-state index is -2.99. The molecule has 1 unspecified atom stereocenters. The Kier molecular flexibility index (Phi) is 5.47. The minimum Gasteiger partial charge on any atom is -0.491 e. The third-order valence-electron chi connectivity index (χ3n) is 2.44. The summed E-state index contributed by atoms with van der Waals surface area (Å²) in [5.41, 5.74) is 7.19. The lowest BCUT2D eigenvalue weighted by Gasteiger charge is -2.16. The summed E-state index contributed by atoms with van der Waals surface area (Å²) in [7, 11) is -2.99. The number of hydrogen-bond acceptors (Lipinski definition) is 5. The number of nitrogens with two attached hydrogens (primary N) is 1. The molecule has 0 aromatic heterocycles. The van der Waals surface area contributed by atoms with Crippen molar-refractivity contribution in [3.8, 4) is 5.75 Å². The molecule has 0 aliphatic rings. The van der Waals surface area contributed by atoms with E-state index in [0.29, 0.717) is 18.0 Å². The van der Waals surface area contributed by atoms with Crippen molar-refractivity contribution in [3.63, 3.8) is 0 Å². The van der Waals surface area contributed by atoms with Crippen LogP contribution in [-0.4, -0.2) is 33.1 Å². The summed E-state index contributed by atoms with van der Waals surface area (Å²) in [6, 6.07) is 5.19. The van der Waals surface area contributed by atoms with Crippen LogP contribution in [0.4, 0.5) is 11.4 Å². The number of anilines is 2. The zero-order valence-corrected chi connectivity index (χ0v) is 12.5. The maximum absolute atomic E-state index is 11.2. The number of rotatable bonds is 7. The fraction of sp³-hybridized carbons (Fsp3) is 0.538. The molecule has 0 saturated carbocycles. The normalized spacial score (nSPS) is 13.0. The maximum Gasteiger partial charge on any atom is 0.149 e. The van der Waals surface area contributed by atoms with Gasteiger partial charge >= 0.3 is 0 Å². The van der Waals surface area contributed by atoms with Crippen molar-refractivity contribution in [2.75, 3.05) is 29.7 Å². The van der Waals surface area contributed by atoms with Crippen LogP contribution in [0.15, 0.2) is 18.2 Å². The van der Waals surface area contributed by atoms with E-state index in [1.807, 2.05) is 19.9 Å². The lowest BCUT2D eigenvalue weighted by molar-refractivity contribution is 0.319. The third kappa shape index (κ3) is 5.83. The molecule has 1 rings (SSSR count). The van der Waals surface area contributed by atoms with Crippen LogP contribution in [0.25, 0.3) is 0 Å². The molecule has 19 heavy (non-hydrogen) atoms. The third-order valence-corrected chi connectivity index (χ3v) is 3.55. The fourth-order valence-corrected chi connectivity index (χ4v) is 2.73. The number of nitrogen functional groups attached to an aromatic ring is 1. The lowest BCUT2D eigenvalue weighted by atomic mass is 10.2. The fourth-order valence-electron chi connectivity index (χ4n) is 1.74. The molecule has 0 heterocycles. The SMILES string of the molecule is CCCOc1cc(NC(C)CS(C)(=O)=O)ccc1N. The Hall–Kier alpha value is -1.43. The van der Waals surface area contributed by atoms with Crippen LogP contribution in [0.5, 0.6) is 5.75 Å². The summed E-state index contributed by atoms with van der Waals surface area (Å²) in [6.07, 6.45) is 2.13. The second-order valence-electron chi connectivity index (χ2n) is 4.74. The molecule has 5 nitrogen and oxygen atoms in total. The molecule has 1 aromatic carbocycles. The smallest absolute Gasteiger partial charge is 0.149 e. The van der Waals surface area contributed by atoms with Gasteiger partial charge in [0.25, 0.3) is 0 Å². The largest absolute Gasteiger partial charge is 0.491 e. The monoisotopic (exact) mass is 286 g/mol. The Morgan fingerprint density at radius 3 is 2.68 bits per heavy atom. The number of benzene rings is 1. The highest BCUT2D eigenvalue weighted by Gasteiger charge is 2.11. The summed E-state index contributed by atoms with van der Waals surface area (Å²) in [5, 5.41) is 3.13. The van der Waals surface area contributed by atoms with Crippen LogP contribution in [0.3, 0.4) is 0 Å². The van der Waals surface area contributed by atoms with E-state index in [0.717, 1.165) is 12.1 Å². The van der Waals surface area contributed by atoms with Crippen molar-refractivity contribution < 1.29 is 13.2 Å². The summed E-state index contributed by atoms with van der Waals surface area (Å²) in [4.78, 5) is 0. The van der Waals surface area contributed by atoms with Gasteiger partial charge < -0.3 is 15.8 Å². The van der Waals surface area contributed by atoms with Gasteiger partial charge in [0.1, 0.15) is 15.6 Å². The summed E-state index contributed by atoms with van der Waals surface area (Å²) in [5.74, 6) is 0.709. The first-order chi connectivity index (χ1) is 8.81. The molecule has 0 bridgehead atoms. The van der Waals surface area contributed by atoms with Crippen LogP contribution in [0.1, 0.15) is 20.3 Å². The molecule has 0 aliphatic carbocycles. The standard InChI is InChI=1S/C13H22N2O3S/c1-4-7-18-13-8-11(5-6-12(13)14)15-10(2)9-19(3,16)17/h5-6,8,10,15H,4,7,9,14H2,1-3H3. The first kappa shape index (κ1) is 15.6. The maximum atomic E-state index is 11.2. The van der Waals surface area contributed by atoms with E-state index in [9.17, 15) is 8.42 Å². The predicted molar refractivity (Wildman–Crippen MR) is 79.4 cm³/mol. The Bertz CT molecular complexity index is 515. The van der Waals surface area contributed by atoms with Gasteiger partial charge in [0, 0.05) is 24.1 Å². The molecule has 1 atom stereocenters. The van der Waals surface area contributed by atoms with Crippen LogP contribution in [-0.2, 0) is 9.84 Å². The molecule has 6 heteroatoms. The van der Waals surface area contributed by atoms with Crippen molar-refractivity contribution in [1.29, 1.82) is 0 Å². The average Bonchev–Trinajstić information content (AvgIpc) is 2.27. The first-order valence-corrected chi connectivity index (χ1v) is 8.34. The molecular formula is C13H22N2O3S. The van der Waals surface area contributed by atoms with Crippen molar-refractivity contribution in [2.24, 2.45) is 0 Å². The minimum absolute atomic E-state index is 0.0858. The highest BCUT2D eigenvalue weighted by Crippen LogP contribution is 2.26. The van der Waals surface area contributed by atoms with Gasteiger partial charge in [0.05, 0.1) is 18.0 Å². The predicted octanol–water partition coefficient (Wildman–Crippen LogP) is 1.90. The van der Waals surface area contributed by atoms with Gasteiger partial charge in [0.15, 0.2) is 0 Å². The van der Waals surface area contributed by atoms with Gasteiger partial charge in [-0.05, 0) is 25.5 Å². The second-order valence-corrected chi connectivity index (χ2v) is 6.92. The number of ether oxygens (including phenoxy) is 1. The van der Waals surface area contributed by atoms with E-state index in [2.05, 4.69) is 5.32 Å². The molecule has 0 aliphatic heterocycles. The van der Waals surface area contributed by atoms with Crippen molar-refractivity contribution in [3.05, 3.63) is 18.2 Å². The van der Waals surface area contributed by atoms with E-state index in [4.69, 9.17) is 10.5 Å². The average molecular weight is 286 g/mol. The molecule has 0 saturated heterocycles. The van der Waals surface area contributed by atoms with Gasteiger partial charge in [-0.3, -0.25) is 0 Å². The zero-order chi connectivity index (χ0) is 14.5. The Morgan fingerprint density at radius 2 is 2.11 bits per heavy atom. The van der Waals surface area contributed by atoms with E-state index >= 15 is 0 Å². The molecule has 1 aromatic rings.